The number of carbonyl (C=O) groups is 3. The first-order valence-corrected chi connectivity index (χ1v) is 11.3. The van der Waals surface area contributed by atoms with Crippen molar-refractivity contribution in [3.05, 3.63) is 69.2 Å². The minimum Gasteiger partial charge on any atom is -0.462 e. The highest BCUT2D eigenvalue weighted by molar-refractivity contribution is 6.35. The fraction of sp³-hybridized carbons (Fsp3) is 0.375. The topological polar surface area (TPSA) is 75.7 Å². The molecule has 0 aromatic heterocycles. The summed E-state index contributed by atoms with van der Waals surface area (Å²) in [5.41, 5.74) is 2.62. The lowest BCUT2D eigenvalue weighted by atomic mass is 10.1. The first kappa shape index (κ1) is 24.1. The standard InChI is InChI=1S/C24H26Cl2N2O4/c1-16-4-6-17(7-5-16)8-9-22(29)27-10-12-32-24(31)21-3-2-11-28(21)23(30)18-13-19(25)15-20(26)14-18/h4-7,13-15,21H,2-3,8-12H2,1H3,(H,27,29). The van der Waals surface area contributed by atoms with Gasteiger partial charge in [-0.3, -0.25) is 9.59 Å². The van der Waals surface area contributed by atoms with Gasteiger partial charge in [0.15, 0.2) is 0 Å². The first-order chi connectivity index (χ1) is 15.3. The van der Waals surface area contributed by atoms with Gasteiger partial charge >= 0.3 is 5.97 Å². The summed E-state index contributed by atoms with van der Waals surface area (Å²) in [6.07, 6.45) is 2.25. The van der Waals surface area contributed by atoms with E-state index >= 15 is 0 Å². The number of esters is 1. The zero-order valence-electron chi connectivity index (χ0n) is 17.9. The predicted molar refractivity (Wildman–Crippen MR) is 124 cm³/mol. The summed E-state index contributed by atoms with van der Waals surface area (Å²) in [6.45, 7) is 2.75. The van der Waals surface area contributed by atoms with Gasteiger partial charge in [0, 0.05) is 28.6 Å². The highest BCUT2D eigenvalue weighted by Crippen LogP contribution is 2.25. The number of aryl methyl sites for hydroxylation is 2. The monoisotopic (exact) mass is 476 g/mol. The Labute approximate surface area is 197 Å². The zero-order chi connectivity index (χ0) is 23.1. The Morgan fingerprint density at radius 2 is 1.78 bits per heavy atom. The summed E-state index contributed by atoms with van der Waals surface area (Å²) < 4.78 is 5.32. The largest absolute Gasteiger partial charge is 0.462 e. The first-order valence-electron chi connectivity index (χ1n) is 10.6. The summed E-state index contributed by atoms with van der Waals surface area (Å²) in [5.74, 6) is -0.881. The van der Waals surface area contributed by atoms with Crippen LogP contribution in [-0.4, -0.2) is 48.4 Å². The molecule has 170 valence electrons. The molecule has 1 heterocycles. The van der Waals surface area contributed by atoms with Crippen LogP contribution in [0.1, 0.15) is 40.7 Å². The quantitative estimate of drug-likeness (QED) is 0.457. The fourth-order valence-electron chi connectivity index (χ4n) is 3.64. The van der Waals surface area contributed by atoms with Gasteiger partial charge in [0.05, 0.1) is 6.54 Å². The van der Waals surface area contributed by atoms with Crippen LogP contribution in [0.15, 0.2) is 42.5 Å². The van der Waals surface area contributed by atoms with Crippen molar-refractivity contribution in [1.29, 1.82) is 0 Å². The minimum absolute atomic E-state index is 0.0522. The average Bonchev–Trinajstić information content (AvgIpc) is 3.25. The molecule has 2 aromatic carbocycles. The Hall–Kier alpha value is -2.57. The van der Waals surface area contributed by atoms with Gasteiger partial charge in [-0.05, 0) is 49.9 Å². The highest BCUT2D eigenvalue weighted by Gasteiger charge is 2.35. The van der Waals surface area contributed by atoms with Crippen LogP contribution in [0.25, 0.3) is 0 Å². The number of amides is 2. The molecule has 1 N–H and O–H groups in total. The maximum absolute atomic E-state index is 12.8. The van der Waals surface area contributed by atoms with Crippen molar-refractivity contribution < 1.29 is 19.1 Å². The number of likely N-dealkylation sites (tertiary alicyclic amines) is 1. The predicted octanol–water partition coefficient (Wildman–Crippen LogP) is 4.20. The molecule has 2 aromatic rings. The molecule has 1 unspecified atom stereocenters. The number of nitrogens with one attached hydrogen (secondary N) is 1. The van der Waals surface area contributed by atoms with Crippen molar-refractivity contribution in [3.63, 3.8) is 0 Å². The zero-order valence-corrected chi connectivity index (χ0v) is 19.4. The van der Waals surface area contributed by atoms with E-state index in [2.05, 4.69) is 5.32 Å². The number of halogens is 2. The van der Waals surface area contributed by atoms with Gasteiger partial charge in [0.1, 0.15) is 12.6 Å². The number of benzene rings is 2. The lowest BCUT2D eigenvalue weighted by Crippen LogP contribution is -2.42. The number of nitrogens with zero attached hydrogens (tertiary/aromatic N) is 1. The maximum Gasteiger partial charge on any atom is 0.328 e. The molecule has 2 amide bonds. The molecule has 1 aliphatic rings. The van der Waals surface area contributed by atoms with Crippen LogP contribution in [0.5, 0.6) is 0 Å². The van der Waals surface area contributed by atoms with Crippen molar-refractivity contribution in [2.45, 2.75) is 38.6 Å². The molecule has 0 aliphatic carbocycles. The molecule has 1 saturated heterocycles. The molecule has 6 nitrogen and oxygen atoms in total. The molecular formula is C24H26Cl2N2O4. The summed E-state index contributed by atoms with van der Waals surface area (Å²) >= 11 is 12.0. The number of hydrogen-bond donors (Lipinski definition) is 1. The minimum atomic E-state index is -0.655. The summed E-state index contributed by atoms with van der Waals surface area (Å²) in [5, 5.41) is 3.47. The smallest absolute Gasteiger partial charge is 0.328 e. The van der Waals surface area contributed by atoms with Crippen LogP contribution in [0, 0.1) is 6.92 Å². The molecule has 1 fully saturated rings. The van der Waals surface area contributed by atoms with Crippen molar-refractivity contribution >= 4 is 41.0 Å². The molecular weight excluding hydrogens is 451 g/mol. The fourth-order valence-corrected chi connectivity index (χ4v) is 4.16. The van der Waals surface area contributed by atoms with Crippen molar-refractivity contribution in [3.8, 4) is 0 Å². The van der Waals surface area contributed by atoms with E-state index in [9.17, 15) is 14.4 Å². The normalized spacial score (nSPS) is 15.5. The Morgan fingerprint density at radius 1 is 1.09 bits per heavy atom. The second-order valence-corrected chi connectivity index (χ2v) is 8.69. The highest BCUT2D eigenvalue weighted by atomic mass is 35.5. The van der Waals surface area contributed by atoms with E-state index in [1.807, 2.05) is 31.2 Å². The summed E-state index contributed by atoms with van der Waals surface area (Å²) in [6, 6.07) is 12.0. The lowest BCUT2D eigenvalue weighted by Gasteiger charge is -2.23. The van der Waals surface area contributed by atoms with Crippen molar-refractivity contribution in [1.82, 2.24) is 10.2 Å². The Balaban J connectivity index is 1.42. The molecule has 0 bridgehead atoms. The molecule has 0 saturated carbocycles. The van der Waals surface area contributed by atoms with Gasteiger partial charge in [-0.1, -0.05) is 53.0 Å². The van der Waals surface area contributed by atoms with Crippen LogP contribution in [0.2, 0.25) is 10.0 Å². The third kappa shape index (κ3) is 6.71. The van der Waals surface area contributed by atoms with Gasteiger partial charge in [-0.25, -0.2) is 4.79 Å². The van der Waals surface area contributed by atoms with Gasteiger partial charge in [-0.2, -0.15) is 0 Å². The van der Waals surface area contributed by atoms with E-state index < -0.39 is 12.0 Å². The van der Waals surface area contributed by atoms with E-state index in [0.29, 0.717) is 47.8 Å². The Kier molecular flexibility index (Phi) is 8.53. The van der Waals surface area contributed by atoms with E-state index in [-0.39, 0.29) is 25.0 Å². The number of carbonyl (C=O) groups excluding carboxylic acids is 3. The van der Waals surface area contributed by atoms with Crippen LogP contribution in [0.3, 0.4) is 0 Å². The molecule has 1 atom stereocenters. The SMILES string of the molecule is Cc1ccc(CCC(=O)NCCOC(=O)C2CCCN2C(=O)c2cc(Cl)cc(Cl)c2)cc1. The van der Waals surface area contributed by atoms with Crippen LogP contribution < -0.4 is 5.32 Å². The van der Waals surface area contributed by atoms with Gasteiger partial charge in [-0.15, -0.1) is 0 Å². The third-order valence-corrected chi connectivity index (χ3v) is 5.76. The Morgan fingerprint density at radius 3 is 2.47 bits per heavy atom. The lowest BCUT2D eigenvalue weighted by molar-refractivity contribution is -0.148. The molecule has 3 rings (SSSR count). The Bertz CT molecular complexity index is 958. The van der Waals surface area contributed by atoms with E-state index in [1.165, 1.54) is 22.6 Å². The third-order valence-electron chi connectivity index (χ3n) is 5.33. The van der Waals surface area contributed by atoms with Crippen LogP contribution in [0.4, 0.5) is 0 Å². The second-order valence-electron chi connectivity index (χ2n) is 7.82. The average molecular weight is 477 g/mol. The van der Waals surface area contributed by atoms with E-state index in [1.54, 1.807) is 6.07 Å². The summed E-state index contributed by atoms with van der Waals surface area (Å²) in [4.78, 5) is 38.9. The maximum atomic E-state index is 12.8. The number of hydrogen-bond acceptors (Lipinski definition) is 4. The van der Waals surface area contributed by atoms with E-state index in [4.69, 9.17) is 27.9 Å². The molecule has 0 spiro atoms. The second kappa shape index (κ2) is 11.3. The summed E-state index contributed by atoms with van der Waals surface area (Å²) in [7, 11) is 0. The molecule has 32 heavy (non-hydrogen) atoms. The van der Waals surface area contributed by atoms with Crippen LogP contribution >= 0.6 is 23.2 Å². The van der Waals surface area contributed by atoms with Crippen LogP contribution in [-0.2, 0) is 20.7 Å². The molecule has 8 heteroatoms. The molecule has 0 radical (unpaired) electrons. The number of ether oxygens (including phenoxy) is 1. The molecule has 1 aliphatic heterocycles. The van der Waals surface area contributed by atoms with Crippen molar-refractivity contribution in [2.75, 3.05) is 19.7 Å². The number of rotatable bonds is 8. The van der Waals surface area contributed by atoms with Gasteiger partial charge in [0.25, 0.3) is 5.91 Å². The van der Waals surface area contributed by atoms with Crippen molar-refractivity contribution in [2.24, 2.45) is 0 Å². The van der Waals surface area contributed by atoms with Gasteiger partial charge in [0.2, 0.25) is 5.91 Å². The van der Waals surface area contributed by atoms with Gasteiger partial charge < -0.3 is 15.0 Å². The van der Waals surface area contributed by atoms with E-state index in [0.717, 1.165) is 5.56 Å².